The topological polar surface area (TPSA) is 26.0 Å². The van der Waals surface area contributed by atoms with Gasteiger partial charge in [0.1, 0.15) is 0 Å². The molecule has 0 bridgehead atoms. The third-order valence-corrected chi connectivity index (χ3v) is 2.72. The smallest absolute Gasteiger partial charge is 0.00109 e. The van der Waals surface area contributed by atoms with Crippen molar-refractivity contribution in [1.29, 1.82) is 0 Å². The molecule has 0 aliphatic carbocycles. The zero-order valence-electron chi connectivity index (χ0n) is 9.25. The molecule has 1 rings (SSSR count). The number of benzene rings is 1. The summed E-state index contributed by atoms with van der Waals surface area (Å²) in [5, 5.41) is 0. The third-order valence-electron chi connectivity index (χ3n) is 2.72. The lowest BCUT2D eigenvalue weighted by Crippen LogP contribution is -2.08. The number of hydrogen-bond acceptors (Lipinski definition) is 1. The third kappa shape index (κ3) is 2.46. The summed E-state index contributed by atoms with van der Waals surface area (Å²) in [7, 11) is 0. The van der Waals surface area contributed by atoms with E-state index in [-0.39, 0.29) is 0 Å². The van der Waals surface area contributed by atoms with Gasteiger partial charge in [-0.1, -0.05) is 37.3 Å². The minimum atomic E-state index is 0.454. The first-order valence-corrected chi connectivity index (χ1v) is 5.12. The maximum absolute atomic E-state index is 5.62. The van der Waals surface area contributed by atoms with Crippen LogP contribution in [0.15, 0.2) is 30.3 Å². The summed E-state index contributed by atoms with van der Waals surface area (Å²) in [4.78, 5) is 0. The summed E-state index contributed by atoms with van der Waals surface area (Å²) in [6.45, 7) is 7.05. The lowest BCUT2D eigenvalue weighted by Gasteiger charge is -2.09. The molecule has 1 nitrogen and oxygen atoms in total. The van der Waals surface area contributed by atoms with Gasteiger partial charge in [-0.3, -0.25) is 0 Å². The quantitative estimate of drug-likeness (QED) is 0.776. The predicted octanol–water partition coefficient (Wildman–Crippen LogP) is 3.17. The summed E-state index contributed by atoms with van der Waals surface area (Å²) in [5.74, 6) is 0.454. The maximum Gasteiger partial charge on any atom is -0.00109 e. The van der Waals surface area contributed by atoms with Crippen molar-refractivity contribution in [2.45, 2.75) is 26.7 Å². The lowest BCUT2D eigenvalue weighted by atomic mass is 9.98. The molecular weight excluding hydrogens is 170 g/mol. The lowest BCUT2D eigenvalue weighted by molar-refractivity contribution is 0.774. The molecule has 1 heteroatoms. The van der Waals surface area contributed by atoms with Crippen LogP contribution in [0, 0.1) is 0 Å². The van der Waals surface area contributed by atoms with E-state index in [4.69, 9.17) is 5.73 Å². The van der Waals surface area contributed by atoms with E-state index in [2.05, 4.69) is 51.1 Å². The molecule has 0 amide bonds. The zero-order chi connectivity index (χ0) is 10.6. The Hall–Kier alpha value is -1.08. The fourth-order valence-corrected chi connectivity index (χ4v) is 1.38. The number of hydrogen-bond donors (Lipinski definition) is 1. The van der Waals surface area contributed by atoms with Gasteiger partial charge in [-0.2, -0.15) is 0 Å². The molecule has 1 unspecified atom stereocenters. The molecule has 0 aliphatic heterocycles. The highest BCUT2D eigenvalue weighted by atomic mass is 14.5. The number of nitrogens with two attached hydrogens (primary N) is 1. The van der Waals surface area contributed by atoms with E-state index in [9.17, 15) is 0 Å². The average Bonchev–Trinajstić information content (AvgIpc) is 2.27. The van der Waals surface area contributed by atoms with Crippen LogP contribution in [0.2, 0.25) is 0 Å². The SMILES string of the molecule is C/C=C(/C)c1ccc(C(C)CN)cc1. The predicted molar refractivity (Wildman–Crippen MR) is 63.2 cm³/mol. The van der Waals surface area contributed by atoms with Crippen molar-refractivity contribution in [1.82, 2.24) is 0 Å². The molecule has 14 heavy (non-hydrogen) atoms. The van der Waals surface area contributed by atoms with Crippen molar-refractivity contribution < 1.29 is 0 Å². The molecule has 1 aromatic carbocycles. The van der Waals surface area contributed by atoms with Crippen molar-refractivity contribution in [2.24, 2.45) is 5.73 Å². The maximum atomic E-state index is 5.62. The molecule has 0 aliphatic rings. The van der Waals surface area contributed by atoms with Crippen molar-refractivity contribution in [2.75, 3.05) is 6.54 Å². The Morgan fingerprint density at radius 3 is 2.36 bits per heavy atom. The van der Waals surface area contributed by atoms with E-state index >= 15 is 0 Å². The first-order chi connectivity index (χ1) is 6.69. The van der Waals surface area contributed by atoms with E-state index in [1.165, 1.54) is 16.7 Å². The second-order valence-electron chi connectivity index (χ2n) is 3.73. The van der Waals surface area contributed by atoms with Gasteiger partial charge >= 0.3 is 0 Å². The molecule has 1 aromatic rings. The first kappa shape index (κ1) is 11.0. The molecule has 0 spiro atoms. The first-order valence-electron chi connectivity index (χ1n) is 5.12. The summed E-state index contributed by atoms with van der Waals surface area (Å²) in [5.41, 5.74) is 9.55. The number of rotatable bonds is 3. The van der Waals surface area contributed by atoms with Crippen molar-refractivity contribution in [3.8, 4) is 0 Å². The second-order valence-corrected chi connectivity index (χ2v) is 3.73. The molecular formula is C13H19N. The van der Waals surface area contributed by atoms with Crippen molar-refractivity contribution >= 4 is 5.57 Å². The van der Waals surface area contributed by atoms with E-state index in [1.54, 1.807) is 0 Å². The van der Waals surface area contributed by atoms with Crippen LogP contribution in [0.4, 0.5) is 0 Å². The summed E-state index contributed by atoms with van der Waals surface area (Å²) >= 11 is 0. The molecule has 0 heterocycles. The Labute approximate surface area is 86.6 Å². The fourth-order valence-electron chi connectivity index (χ4n) is 1.38. The number of allylic oxidation sites excluding steroid dienone is 2. The molecule has 1 atom stereocenters. The van der Waals surface area contributed by atoms with E-state index in [0.29, 0.717) is 12.5 Å². The van der Waals surface area contributed by atoms with Gasteiger partial charge < -0.3 is 5.73 Å². The van der Waals surface area contributed by atoms with E-state index < -0.39 is 0 Å². The van der Waals surface area contributed by atoms with Gasteiger partial charge in [-0.15, -0.1) is 0 Å². The minimum Gasteiger partial charge on any atom is -0.330 e. The van der Waals surface area contributed by atoms with Crippen LogP contribution in [-0.2, 0) is 0 Å². The van der Waals surface area contributed by atoms with Gasteiger partial charge in [0.05, 0.1) is 0 Å². The monoisotopic (exact) mass is 189 g/mol. The van der Waals surface area contributed by atoms with E-state index in [0.717, 1.165) is 0 Å². The molecule has 0 saturated carbocycles. The van der Waals surface area contributed by atoms with Crippen molar-refractivity contribution in [3.63, 3.8) is 0 Å². The Morgan fingerprint density at radius 2 is 1.93 bits per heavy atom. The van der Waals surface area contributed by atoms with Crippen LogP contribution in [0.25, 0.3) is 5.57 Å². The highest BCUT2D eigenvalue weighted by molar-refractivity contribution is 5.63. The summed E-state index contributed by atoms with van der Waals surface area (Å²) in [6, 6.07) is 8.66. The summed E-state index contributed by atoms with van der Waals surface area (Å²) in [6.07, 6.45) is 2.13. The van der Waals surface area contributed by atoms with Crippen molar-refractivity contribution in [3.05, 3.63) is 41.5 Å². The molecule has 0 fully saturated rings. The highest BCUT2D eigenvalue weighted by Crippen LogP contribution is 2.18. The minimum absolute atomic E-state index is 0.454. The Bertz CT molecular complexity index is 309. The zero-order valence-corrected chi connectivity index (χ0v) is 9.25. The van der Waals surface area contributed by atoms with Crippen LogP contribution < -0.4 is 5.73 Å². The van der Waals surface area contributed by atoms with Gasteiger partial charge in [0.25, 0.3) is 0 Å². The van der Waals surface area contributed by atoms with Gasteiger partial charge in [0, 0.05) is 0 Å². The Kier molecular flexibility index (Phi) is 3.90. The van der Waals surface area contributed by atoms with Crippen LogP contribution in [-0.4, -0.2) is 6.54 Å². The molecule has 0 saturated heterocycles. The van der Waals surface area contributed by atoms with Gasteiger partial charge in [-0.25, -0.2) is 0 Å². The fraction of sp³-hybridized carbons (Fsp3) is 0.385. The largest absolute Gasteiger partial charge is 0.330 e. The molecule has 0 aromatic heterocycles. The summed E-state index contributed by atoms with van der Waals surface area (Å²) < 4.78 is 0. The van der Waals surface area contributed by atoms with Crippen LogP contribution in [0.1, 0.15) is 37.8 Å². The Balaban J connectivity index is 2.89. The molecule has 2 N–H and O–H groups in total. The van der Waals surface area contributed by atoms with Crippen LogP contribution in [0.3, 0.4) is 0 Å². The van der Waals surface area contributed by atoms with Gasteiger partial charge in [0.2, 0.25) is 0 Å². The van der Waals surface area contributed by atoms with Crippen LogP contribution in [0.5, 0.6) is 0 Å². The normalized spacial score (nSPS) is 14.1. The second kappa shape index (κ2) is 4.97. The standard InChI is InChI=1S/C13H19N/c1-4-10(2)12-5-7-13(8-6-12)11(3)9-14/h4-8,11H,9,14H2,1-3H3/b10-4-. The van der Waals surface area contributed by atoms with E-state index in [1.807, 2.05) is 0 Å². The highest BCUT2D eigenvalue weighted by Gasteiger charge is 2.02. The van der Waals surface area contributed by atoms with Gasteiger partial charge in [-0.05, 0) is 43.0 Å². The molecule has 76 valence electrons. The van der Waals surface area contributed by atoms with Crippen LogP contribution >= 0.6 is 0 Å². The Morgan fingerprint density at radius 1 is 1.36 bits per heavy atom. The van der Waals surface area contributed by atoms with Gasteiger partial charge in [0.15, 0.2) is 0 Å². The molecule has 0 radical (unpaired) electrons. The average molecular weight is 189 g/mol.